The lowest BCUT2D eigenvalue weighted by atomic mass is 10.0. The summed E-state index contributed by atoms with van der Waals surface area (Å²) in [4.78, 5) is 40.9. The van der Waals surface area contributed by atoms with Crippen LogP contribution in [0.25, 0.3) is 0 Å². The van der Waals surface area contributed by atoms with Crippen molar-refractivity contribution in [2.75, 3.05) is 26.2 Å². The summed E-state index contributed by atoms with van der Waals surface area (Å²) < 4.78 is 0. The Morgan fingerprint density at radius 3 is 2.00 bits per heavy atom. The first-order valence-electron chi connectivity index (χ1n) is 9.78. The Kier molecular flexibility index (Phi) is 6.70. The molecule has 2 aromatic carbocycles. The zero-order valence-electron chi connectivity index (χ0n) is 16.8. The van der Waals surface area contributed by atoms with Crippen LogP contribution in [-0.4, -0.2) is 53.6 Å². The quantitative estimate of drug-likeness (QED) is 0.700. The third-order valence-corrected chi connectivity index (χ3v) is 5.66. The number of hydrogen-bond acceptors (Lipinski definition) is 3. The van der Waals surface area contributed by atoms with Crippen LogP contribution in [0.3, 0.4) is 0 Å². The van der Waals surface area contributed by atoms with Gasteiger partial charge in [-0.15, -0.1) is 0 Å². The first-order chi connectivity index (χ1) is 13.8. The fourth-order valence-electron chi connectivity index (χ4n) is 3.37. The smallest absolute Gasteiger partial charge is 0.253 e. The molecule has 1 aliphatic rings. The molecule has 2 aromatic rings. The molecular weight excluding hydrogens is 388 g/mol. The van der Waals surface area contributed by atoms with Crippen LogP contribution >= 0.6 is 11.6 Å². The summed E-state index contributed by atoms with van der Waals surface area (Å²) in [6, 6.07) is 12.4. The monoisotopic (exact) mass is 412 g/mol. The number of piperazine rings is 1. The van der Waals surface area contributed by atoms with E-state index in [-0.39, 0.29) is 30.4 Å². The van der Waals surface area contributed by atoms with Crippen LogP contribution in [0.4, 0.5) is 0 Å². The largest absolute Gasteiger partial charge is 0.339 e. The summed E-state index contributed by atoms with van der Waals surface area (Å²) in [7, 11) is 0. The Bertz CT molecular complexity index is 916. The second-order valence-corrected chi connectivity index (χ2v) is 7.84. The van der Waals surface area contributed by atoms with E-state index in [2.05, 4.69) is 0 Å². The van der Waals surface area contributed by atoms with Crippen LogP contribution in [0, 0.1) is 13.8 Å². The van der Waals surface area contributed by atoms with E-state index in [1.807, 2.05) is 32.0 Å². The molecule has 0 aliphatic carbocycles. The van der Waals surface area contributed by atoms with Gasteiger partial charge in [0.15, 0.2) is 5.78 Å². The summed E-state index contributed by atoms with van der Waals surface area (Å²) in [6.45, 7) is 5.91. The number of nitrogens with zero attached hydrogens (tertiary/aromatic N) is 2. The number of Topliss-reactive ketones (excluding diaryl/α,β-unsaturated/α-hetero) is 1. The molecule has 0 atom stereocenters. The Morgan fingerprint density at radius 1 is 0.793 bits per heavy atom. The van der Waals surface area contributed by atoms with E-state index in [1.54, 1.807) is 34.1 Å². The minimum absolute atomic E-state index is 0.0157. The Balaban J connectivity index is 1.48. The highest BCUT2D eigenvalue weighted by Gasteiger charge is 2.25. The fraction of sp³-hybridized carbons (Fsp3) is 0.348. The van der Waals surface area contributed by atoms with Gasteiger partial charge >= 0.3 is 0 Å². The van der Waals surface area contributed by atoms with E-state index >= 15 is 0 Å². The molecule has 1 fully saturated rings. The Hall–Kier alpha value is -2.66. The van der Waals surface area contributed by atoms with Crippen molar-refractivity contribution < 1.29 is 14.4 Å². The number of ketones is 1. The highest BCUT2D eigenvalue weighted by Crippen LogP contribution is 2.15. The molecule has 152 valence electrons. The molecule has 0 radical (unpaired) electrons. The standard InChI is InChI=1S/C23H25ClN2O3/c1-16-3-4-19(15-17(16)2)21(27)9-10-22(28)25-11-13-26(14-12-25)23(29)18-5-7-20(24)8-6-18/h3-8,15H,9-14H2,1-2H3. The molecule has 0 N–H and O–H groups in total. The molecule has 5 nitrogen and oxygen atoms in total. The van der Waals surface area contributed by atoms with E-state index in [1.165, 1.54) is 0 Å². The molecule has 3 rings (SSSR count). The first-order valence-corrected chi connectivity index (χ1v) is 10.2. The summed E-state index contributed by atoms with van der Waals surface area (Å²) in [6.07, 6.45) is 0.391. The molecular formula is C23H25ClN2O3. The van der Waals surface area contributed by atoms with Crippen molar-refractivity contribution in [1.29, 1.82) is 0 Å². The SMILES string of the molecule is Cc1ccc(C(=O)CCC(=O)N2CCN(C(=O)c3ccc(Cl)cc3)CC2)cc1C. The minimum Gasteiger partial charge on any atom is -0.339 e. The van der Waals surface area contributed by atoms with Crippen molar-refractivity contribution >= 4 is 29.2 Å². The molecule has 1 aliphatic heterocycles. The maximum absolute atomic E-state index is 12.5. The van der Waals surface area contributed by atoms with Gasteiger partial charge in [-0.1, -0.05) is 23.7 Å². The van der Waals surface area contributed by atoms with Crippen LogP contribution in [-0.2, 0) is 4.79 Å². The molecule has 6 heteroatoms. The maximum Gasteiger partial charge on any atom is 0.253 e. The molecule has 2 amide bonds. The minimum atomic E-state index is -0.0568. The zero-order chi connectivity index (χ0) is 21.0. The predicted molar refractivity (Wildman–Crippen MR) is 113 cm³/mol. The number of amides is 2. The van der Waals surface area contributed by atoms with Crippen LogP contribution in [0.5, 0.6) is 0 Å². The second kappa shape index (κ2) is 9.23. The van der Waals surface area contributed by atoms with Gasteiger partial charge < -0.3 is 9.80 Å². The van der Waals surface area contributed by atoms with Gasteiger partial charge in [0.05, 0.1) is 0 Å². The number of aryl methyl sites for hydroxylation is 2. The lowest BCUT2D eigenvalue weighted by molar-refractivity contribution is -0.132. The van der Waals surface area contributed by atoms with Crippen LogP contribution in [0.15, 0.2) is 42.5 Å². The molecule has 0 saturated carbocycles. The molecule has 0 aromatic heterocycles. The normalized spacial score (nSPS) is 14.0. The van der Waals surface area contributed by atoms with Gasteiger partial charge in [-0.3, -0.25) is 14.4 Å². The summed E-state index contributed by atoms with van der Waals surface area (Å²) in [5.41, 5.74) is 3.46. The van der Waals surface area contributed by atoms with E-state index in [9.17, 15) is 14.4 Å². The van der Waals surface area contributed by atoms with Crippen molar-refractivity contribution in [3.8, 4) is 0 Å². The summed E-state index contributed by atoms with van der Waals surface area (Å²) >= 11 is 5.87. The number of carbonyl (C=O) groups excluding carboxylic acids is 3. The average molecular weight is 413 g/mol. The number of halogens is 1. The zero-order valence-corrected chi connectivity index (χ0v) is 17.5. The third kappa shape index (κ3) is 5.24. The highest BCUT2D eigenvalue weighted by molar-refractivity contribution is 6.30. The second-order valence-electron chi connectivity index (χ2n) is 7.40. The number of rotatable bonds is 5. The molecule has 29 heavy (non-hydrogen) atoms. The number of benzene rings is 2. The fourth-order valence-corrected chi connectivity index (χ4v) is 3.50. The van der Waals surface area contributed by atoms with Gasteiger partial charge in [0.2, 0.25) is 5.91 Å². The molecule has 1 saturated heterocycles. The van der Waals surface area contributed by atoms with Gasteiger partial charge in [0, 0.05) is 55.2 Å². The lowest BCUT2D eigenvalue weighted by Gasteiger charge is -2.35. The van der Waals surface area contributed by atoms with Gasteiger partial charge in [0.25, 0.3) is 5.91 Å². The van der Waals surface area contributed by atoms with E-state index in [4.69, 9.17) is 11.6 Å². The van der Waals surface area contributed by atoms with Gasteiger partial charge in [0.1, 0.15) is 0 Å². The van der Waals surface area contributed by atoms with Crippen molar-refractivity contribution in [3.63, 3.8) is 0 Å². The molecule has 0 bridgehead atoms. The van der Waals surface area contributed by atoms with Crippen LogP contribution in [0.2, 0.25) is 5.02 Å². The van der Waals surface area contributed by atoms with Gasteiger partial charge in [-0.25, -0.2) is 0 Å². The van der Waals surface area contributed by atoms with Crippen LogP contribution in [0.1, 0.15) is 44.7 Å². The maximum atomic E-state index is 12.5. The molecule has 0 unspecified atom stereocenters. The van der Waals surface area contributed by atoms with Gasteiger partial charge in [-0.05, 0) is 55.3 Å². The van der Waals surface area contributed by atoms with E-state index in [0.29, 0.717) is 42.3 Å². The average Bonchev–Trinajstić information content (AvgIpc) is 2.74. The highest BCUT2D eigenvalue weighted by atomic mass is 35.5. The predicted octanol–water partition coefficient (Wildman–Crippen LogP) is 3.90. The van der Waals surface area contributed by atoms with Crippen molar-refractivity contribution in [2.24, 2.45) is 0 Å². The van der Waals surface area contributed by atoms with E-state index < -0.39 is 0 Å². The third-order valence-electron chi connectivity index (χ3n) is 5.41. The summed E-state index contributed by atoms with van der Waals surface area (Å²) in [5.74, 6) is -0.113. The number of carbonyl (C=O) groups is 3. The molecule has 1 heterocycles. The lowest BCUT2D eigenvalue weighted by Crippen LogP contribution is -2.50. The van der Waals surface area contributed by atoms with Crippen molar-refractivity contribution in [2.45, 2.75) is 26.7 Å². The Labute approximate surface area is 176 Å². The first kappa shape index (κ1) is 21.1. The van der Waals surface area contributed by atoms with Crippen molar-refractivity contribution in [3.05, 3.63) is 69.7 Å². The van der Waals surface area contributed by atoms with Crippen molar-refractivity contribution in [1.82, 2.24) is 9.80 Å². The Morgan fingerprint density at radius 2 is 1.38 bits per heavy atom. The summed E-state index contributed by atoms with van der Waals surface area (Å²) in [5, 5.41) is 0.590. The van der Waals surface area contributed by atoms with Gasteiger partial charge in [-0.2, -0.15) is 0 Å². The van der Waals surface area contributed by atoms with Crippen LogP contribution < -0.4 is 0 Å². The molecule has 0 spiro atoms. The van der Waals surface area contributed by atoms with E-state index in [0.717, 1.165) is 11.1 Å². The topological polar surface area (TPSA) is 57.7 Å². The number of hydrogen-bond donors (Lipinski definition) is 0.